The first kappa shape index (κ1) is 18.3. The highest BCUT2D eigenvalue weighted by Gasteiger charge is 2.27. The molecule has 0 saturated carbocycles. The van der Waals surface area contributed by atoms with E-state index in [-0.39, 0.29) is 11.9 Å². The topological polar surface area (TPSA) is 41.4 Å². The molecule has 4 rings (SSSR count). The molecule has 5 nitrogen and oxygen atoms in total. The van der Waals surface area contributed by atoms with E-state index in [0.29, 0.717) is 6.54 Å². The van der Waals surface area contributed by atoms with Crippen molar-refractivity contribution >= 4 is 23.0 Å². The summed E-state index contributed by atoms with van der Waals surface area (Å²) in [5.74, 6) is 0.0688. The Labute approximate surface area is 166 Å². The number of carbonyl (C=O) groups excluding carboxylic acids is 1. The van der Waals surface area contributed by atoms with Crippen molar-refractivity contribution < 1.29 is 4.79 Å². The Hall–Kier alpha value is -3.08. The largest absolute Gasteiger partial charge is 0.357 e. The molecular formula is C23H26N4O. The van der Waals surface area contributed by atoms with E-state index in [1.54, 1.807) is 4.68 Å². The second-order valence-corrected chi connectivity index (χ2v) is 7.58. The molecule has 0 saturated heterocycles. The number of para-hydroxylation sites is 2. The van der Waals surface area contributed by atoms with Crippen LogP contribution in [0.3, 0.4) is 0 Å². The SMILES string of the molecule is CC(C)N(CC(=O)N1c2ccccc2CCc2ccccc21)c1cnn(C)c1. The zero-order valence-electron chi connectivity index (χ0n) is 16.7. The molecular weight excluding hydrogens is 348 g/mol. The third kappa shape index (κ3) is 3.40. The summed E-state index contributed by atoms with van der Waals surface area (Å²) >= 11 is 0. The van der Waals surface area contributed by atoms with Crippen LogP contribution in [0.5, 0.6) is 0 Å². The van der Waals surface area contributed by atoms with E-state index in [9.17, 15) is 4.79 Å². The van der Waals surface area contributed by atoms with Crippen LogP contribution in [-0.4, -0.2) is 28.3 Å². The van der Waals surface area contributed by atoms with Gasteiger partial charge >= 0.3 is 0 Å². The first-order chi connectivity index (χ1) is 13.5. The first-order valence-corrected chi connectivity index (χ1v) is 9.78. The van der Waals surface area contributed by atoms with Gasteiger partial charge in [-0.05, 0) is 49.9 Å². The minimum Gasteiger partial charge on any atom is -0.357 e. The van der Waals surface area contributed by atoms with E-state index in [1.165, 1.54) is 11.1 Å². The number of amides is 1. The predicted octanol–water partition coefficient (Wildman–Crippen LogP) is 4.10. The molecule has 144 valence electrons. The maximum atomic E-state index is 13.6. The van der Waals surface area contributed by atoms with Gasteiger partial charge in [0.2, 0.25) is 0 Å². The maximum absolute atomic E-state index is 13.6. The number of benzene rings is 2. The Morgan fingerprint density at radius 2 is 1.61 bits per heavy atom. The molecule has 0 aliphatic carbocycles. The summed E-state index contributed by atoms with van der Waals surface area (Å²) in [7, 11) is 1.89. The van der Waals surface area contributed by atoms with Gasteiger partial charge in [0.05, 0.1) is 29.8 Å². The second-order valence-electron chi connectivity index (χ2n) is 7.58. The molecule has 1 aromatic heterocycles. The highest BCUT2D eigenvalue weighted by Crippen LogP contribution is 2.36. The highest BCUT2D eigenvalue weighted by atomic mass is 16.2. The third-order valence-corrected chi connectivity index (χ3v) is 5.33. The van der Waals surface area contributed by atoms with Crippen molar-refractivity contribution in [3.05, 3.63) is 72.1 Å². The van der Waals surface area contributed by atoms with E-state index in [4.69, 9.17) is 0 Å². The van der Waals surface area contributed by atoms with Gasteiger partial charge in [0.15, 0.2) is 0 Å². The molecule has 2 aromatic carbocycles. The normalized spacial score (nSPS) is 13.1. The first-order valence-electron chi connectivity index (χ1n) is 9.78. The third-order valence-electron chi connectivity index (χ3n) is 5.33. The maximum Gasteiger partial charge on any atom is 0.251 e. The van der Waals surface area contributed by atoms with E-state index in [1.807, 2.05) is 48.6 Å². The van der Waals surface area contributed by atoms with Crippen molar-refractivity contribution in [1.82, 2.24) is 9.78 Å². The molecule has 2 heterocycles. The minimum absolute atomic E-state index is 0.0688. The average molecular weight is 374 g/mol. The van der Waals surface area contributed by atoms with Gasteiger partial charge < -0.3 is 4.90 Å². The van der Waals surface area contributed by atoms with Crippen molar-refractivity contribution in [3.63, 3.8) is 0 Å². The lowest BCUT2D eigenvalue weighted by Gasteiger charge is -2.31. The molecule has 0 bridgehead atoms. The van der Waals surface area contributed by atoms with Crippen LogP contribution in [0.25, 0.3) is 0 Å². The molecule has 1 aliphatic heterocycles. The Morgan fingerprint density at radius 3 is 2.11 bits per heavy atom. The lowest BCUT2D eigenvalue weighted by molar-refractivity contribution is -0.116. The molecule has 1 amide bonds. The van der Waals surface area contributed by atoms with Gasteiger partial charge in [-0.2, -0.15) is 5.10 Å². The number of nitrogens with zero attached hydrogens (tertiary/aromatic N) is 4. The minimum atomic E-state index is 0.0688. The Morgan fingerprint density at radius 1 is 1.04 bits per heavy atom. The van der Waals surface area contributed by atoms with Gasteiger partial charge in [0, 0.05) is 19.3 Å². The van der Waals surface area contributed by atoms with Crippen molar-refractivity contribution in [2.24, 2.45) is 7.05 Å². The fourth-order valence-corrected chi connectivity index (χ4v) is 3.89. The highest BCUT2D eigenvalue weighted by molar-refractivity contribution is 6.04. The van der Waals surface area contributed by atoms with Crippen molar-refractivity contribution in [3.8, 4) is 0 Å². The lowest BCUT2D eigenvalue weighted by Crippen LogP contribution is -2.41. The summed E-state index contributed by atoms with van der Waals surface area (Å²) < 4.78 is 1.77. The van der Waals surface area contributed by atoms with Crippen LogP contribution >= 0.6 is 0 Å². The number of rotatable bonds is 4. The average Bonchev–Trinajstić information content (AvgIpc) is 3.04. The molecule has 28 heavy (non-hydrogen) atoms. The molecule has 1 aliphatic rings. The summed E-state index contributed by atoms with van der Waals surface area (Å²) in [5.41, 5.74) is 5.37. The van der Waals surface area contributed by atoms with E-state index < -0.39 is 0 Å². The fourth-order valence-electron chi connectivity index (χ4n) is 3.89. The van der Waals surface area contributed by atoms with Crippen LogP contribution in [0, 0.1) is 0 Å². The van der Waals surface area contributed by atoms with Crippen molar-refractivity contribution in [2.45, 2.75) is 32.7 Å². The molecule has 0 fully saturated rings. The number of anilines is 3. The summed E-state index contributed by atoms with van der Waals surface area (Å²) in [6.45, 7) is 4.50. The van der Waals surface area contributed by atoms with Gasteiger partial charge in [0.1, 0.15) is 0 Å². The summed E-state index contributed by atoms with van der Waals surface area (Å²) in [4.78, 5) is 17.6. The second kappa shape index (κ2) is 7.50. The number of hydrogen-bond donors (Lipinski definition) is 0. The summed E-state index contributed by atoms with van der Waals surface area (Å²) in [6, 6.07) is 16.7. The fraction of sp³-hybridized carbons (Fsp3) is 0.304. The Balaban J connectivity index is 1.74. The molecule has 0 atom stereocenters. The van der Waals surface area contributed by atoms with Gasteiger partial charge in [-0.1, -0.05) is 36.4 Å². The van der Waals surface area contributed by atoms with Crippen LogP contribution < -0.4 is 9.80 Å². The van der Waals surface area contributed by atoms with Gasteiger partial charge in [-0.15, -0.1) is 0 Å². The number of fused-ring (bicyclic) bond motifs is 2. The number of hydrogen-bond acceptors (Lipinski definition) is 3. The number of aryl methyl sites for hydroxylation is 3. The predicted molar refractivity (Wildman–Crippen MR) is 113 cm³/mol. The van der Waals surface area contributed by atoms with Crippen molar-refractivity contribution in [2.75, 3.05) is 16.3 Å². The molecule has 0 spiro atoms. The number of aromatic nitrogens is 2. The van der Waals surface area contributed by atoms with Crippen molar-refractivity contribution in [1.29, 1.82) is 0 Å². The van der Waals surface area contributed by atoms with Crippen LogP contribution in [0.1, 0.15) is 25.0 Å². The Bertz CT molecular complexity index is 944. The van der Waals surface area contributed by atoms with Crippen LogP contribution in [0.4, 0.5) is 17.1 Å². The smallest absolute Gasteiger partial charge is 0.251 e. The van der Waals surface area contributed by atoms with Crippen LogP contribution in [-0.2, 0) is 24.7 Å². The standard InChI is InChI=1S/C23H26N4O/c1-17(2)26(20-14-24-25(3)15-20)16-23(28)27-21-10-6-4-8-18(21)12-13-19-9-5-7-11-22(19)27/h4-11,14-15,17H,12-13,16H2,1-3H3. The van der Waals surface area contributed by atoms with E-state index in [0.717, 1.165) is 29.9 Å². The monoisotopic (exact) mass is 374 g/mol. The van der Waals surface area contributed by atoms with Crippen LogP contribution in [0.15, 0.2) is 60.9 Å². The molecule has 5 heteroatoms. The van der Waals surface area contributed by atoms with Gasteiger partial charge in [0.25, 0.3) is 5.91 Å². The van der Waals surface area contributed by atoms with Gasteiger partial charge in [-0.3, -0.25) is 14.4 Å². The molecule has 3 aromatic rings. The zero-order chi connectivity index (χ0) is 19.7. The quantitative estimate of drug-likeness (QED) is 0.690. The zero-order valence-corrected chi connectivity index (χ0v) is 16.7. The van der Waals surface area contributed by atoms with Crippen LogP contribution in [0.2, 0.25) is 0 Å². The summed E-state index contributed by atoms with van der Waals surface area (Å²) in [6.07, 6.45) is 5.65. The van der Waals surface area contributed by atoms with E-state index in [2.05, 4.69) is 48.1 Å². The van der Waals surface area contributed by atoms with E-state index >= 15 is 0 Å². The number of carbonyl (C=O) groups is 1. The lowest BCUT2D eigenvalue weighted by atomic mass is 10.0. The molecule has 0 N–H and O–H groups in total. The molecule has 0 unspecified atom stereocenters. The molecule has 0 radical (unpaired) electrons. The van der Waals surface area contributed by atoms with Gasteiger partial charge in [-0.25, -0.2) is 0 Å². The Kier molecular flexibility index (Phi) is 4.90. The summed E-state index contributed by atoms with van der Waals surface area (Å²) in [5, 5.41) is 4.28.